The van der Waals surface area contributed by atoms with E-state index in [4.69, 9.17) is 0 Å². The van der Waals surface area contributed by atoms with Crippen LogP contribution >= 0.6 is 11.8 Å². The third kappa shape index (κ3) is 3.58. The molecule has 1 fully saturated rings. The average Bonchev–Trinajstić information content (AvgIpc) is 2.37. The number of benzene rings is 1. The Hall–Kier alpha value is -0.830. The van der Waals surface area contributed by atoms with Crippen molar-refractivity contribution in [3.63, 3.8) is 0 Å². The molecule has 0 N–H and O–H groups in total. The molecule has 1 aliphatic rings. The highest BCUT2D eigenvalue weighted by Crippen LogP contribution is 2.31. The SMILES string of the molecule is CC1CCCC(C(=O)CSc2ccccc2F)C1. The first-order chi connectivity index (χ1) is 8.66. The second-order valence-electron chi connectivity index (χ2n) is 5.15. The van der Waals surface area contributed by atoms with Crippen molar-refractivity contribution in [3.05, 3.63) is 30.1 Å². The Balaban J connectivity index is 1.86. The molecule has 98 valence electrons. The van der Waals surface area contributed by atoms with Crippen LogP contribution in [0, 0.1) is 17.7 Å². The number of halogens is 1. The van der Waals surface area contributed by atoms with Crippen molar-refractivity contribution in [3.8, 4) is 0 Å². The molecule has 0 spiro atoms. The number of ketones is 1. The Morgan fingerprint density at radius 3 is 2.89 bits per heavy atom. The maximum Gasteiger partial charge on any atom is 0.146 e. The topological polar surface area (TPSA) is 17.1 Å². The van der Waals surface area contributed by atoms with Gasteiger partial charge in [-0.2, -0.15) is 0 Å². The Morgan fingerprint density at radius 1 is 1.39 bits per heavy atom. The molecule has 2 atom stereocenters. The molecule has 2 unspecified atom stereocenters. The molecule has 1 nitrogen and oxygen atoms in total. The van der Waals surface area contributed by atoms with E-state index in [0.29, 0.717) is 16.6 Å². The van der Waals surface area contributed by atoms with E-state index < -0.39 is 0 Å². The minimum Gasteiger partial charge on any atom is -0.298 e. The standard InChI is InChI=1S/C15H19FOS/c1-11-5-4-6-12(9-11)14(17)10-18-15-8-3-2-7-13(15)16/h2-3,7-8,11-12H,4-6,9-10H2,1H3. The minimum atomic E-state index is -0.229. The van der Waals surface area contributed by atoms with Gasteiger partial charge in [0.2, 0.25) is 0 Å². The van der Waals surface area contributed by atoms with Crippen molar-refractivity contribution in [2.24, 2.45) is 11.8 Å². The molecule has 0 aliphatic heterocycles. The summed E-state index contributed by atoms with van der Waals surface area (Å²) in [7, 11) is 0. The van der Waals surface area contributed by atoms with Gasteiger partial charge in [0.25, 0.3) is 0 Å². The van der Waals surface area contributed by atoms with Crippen LogP contribution in [0.4, 0.5) is 4.39 Å². The van der Waals surface area contributed by atoms with Crippen molar-refractivity contribution >= 4 is 17.5 Å². The Bertz CT molecular complexity index is 419. The Kier molecular flexibility index (Phi) is 4.81. The third-order valence-electron chi connectivity index (χ3n) is 3.60. The van der Waals surface area contributed by atoms with Crippen molar-refractivity contribution in [2.75, 3.05) is 5.75 Å². The van der Waals surface area contributed by atoms with E-state index >= 15 is 0 Å². The van der Waals surface area contributed by atoms with Gasteiger partial charge >= 0.3 is 0 Å². The molecule has 1 aromatic rings. The zero-order valence-corrected chi connectivity index (χ0v) is 11.5. The van der Waals surface area contributed by atoms with Crippen LogP contribution in [0.3, 0.4) is 0 Å². The largest absolute Gasteiger partial charge is 0.298 e. The number of Topliss-reactive ketones (excluding diaryl/α,β-unsaturated/α-hetero) is 1. The van der Waals surface area contributed by atoms with Gasteiger partial charge in [-0.25, -0.2) is 4.39 Å². The molecule has 18 heavy (non-hydrogen) atoms. The summed E-state index contributed by atoms with van der Waals surface area (Å²) in [5, 5.41) is 0. The van der Waals surface area contributed by atoms with Crippen molar-refractivity contribution < 1.29 is 9.18 Å². The van der Waals surface area contributed by atoms with Crippen LogP contribution in [-0.2, 0) is 4.79 Å². The van der Waals surface area contributed by atoms with E-state index in [9.17, 15) is 9.18 Å². The van der Waals surface area contributed by atoms with Gasteiger partial charge in [-0.1, -0.05) is 31.9 Å². The zero-order chi connectivity index (χ0) is 13.0. The lowest BCUT2D eigenvalue weighted by Gasteiger charge is -2.25. The second-order valence-corrected chi connectivity index (χ2v) is 6.17. The van der Waals surface area contributed by atoms with Crippen LogP contribution in [0.5, 0.6) is 0 Å². The van der Waals surface area contributed by atoms with Crippen LogP contribution < -0.4 is 0 Å². The number of rotatable bonds is 4. The smallest absolute Gasteiger partial charge is 0.146 e. The summed E-state index contributed by atoms with van der Waals surface area (Å²) in [6.07, 6.45) is 4.42. The summed E-state index contributed by atoms with van der Waals surface area (Å²) in [6, 6.07) is 6.65. The van der Waals surface area contributed by atoms with Crippen molar-refractivity contribution in [2.45, 2.75) is 37.5 Å². The Labute approximate surface area is 112 Å². The van der Waals surface area contributed by atoms with Gasteiger partial charge in [-0.05, 0) is 30.9 Å². The molecule has 2 rings (SSSR count). The van der Waals surface area contributed by atoms with E-state index in [1.54, 1.807) is 18.2 Å². The molecule has 1 aromatic carbocycles. The number of thioether (sulfide) groups is 1. The van der Waals surface area contributed by atoms with Crippen LogP contribution in [0.15, 0.2) is 29.2 Å². The van der Waals surface area contributed by atoms with E-state index in [-0.39, 0.29) is 17.5 Å². The fourth-order valence-corrected chi connectivity index (χ4v) is 3.47. The number of hydrogen-bond acceptors (Lipinski definition) is 2. The number of carbonyl (C=O) groups excluding carboxylic acids is 1. The average molecular weight is 266 g/mol. The third-order valence-corrected chi connectivity index (χ3v) is 4.67. The summed E-state index contributed by atoms with van der Waals surface area (Å²) in [4.78, 5) is 12.7. The minimum absolute atomic E-state index is 0.202. The summed E-state index contributed by atoms with van der Waals surface area (Å²) in [5.74, 6) is 1.32. The van der Waals surface area contributed by atoms with Gasteiger partial charge in [0.05, 0.1) is 5.75 Å². The van der Waals surface area contributed by atoms with Crippen LogP contribution in [0.2, 0.25) is 0 Å². The van der Waals surface area contributed by atoms with E-state index in [1.807, 2.05) is 0 Å². The summed E-state index contributed by atoms with van der Waals surface area (Å²) in [5.41, 5.74) is 0. The molecule has 0 saturated heterocycles. The zero-order valence-electron chi connectivity index (χ0n) is 10.7. The second kappa shape index (κ2) is 6.37. The fourth-order valence-electron chi connectivity index (χ4n) is 2.56. The molecule has 0 bridgehead atoms. The summed E-state index contributed by atoms with van der Waals surface area (Å²) < 4.78 is 13.4. The lowest BCUT2D eigenvalue weighted by Crippen LogP contribution is -2.23. The molecule has 0 radical (unpaired) electrons. The molecule has 0 heterocycles. The molecule has 3 heteroatoms. The first-order valence-electron chi connectivity index (χ1n) is 6.57. The van der Waals surface area contributed by atoms with Gasteiger partial charge in [-0.3, -0.25) is 4.79 Å². The summed E-state index contributed by atoms with van der Waals surface area (Å²) in [6.45, 7) is 2.21. The van der Waals surface area contributed by atoms with Gasteiger partial charge in [-0.15, -0.1) is 11.8 Å². The molecular weight excluding hydrogens is 247 g/mol. The van der Waals surface area contributed by atoms with Crippen LogP contribution in [0.1, 0.15) is 32.6 Å². The van der Waals surface area contributed by atoms with Crippen LogP contribution in [0.25, 0.3) is 0 Å². The predicted molar refractivity (Wildman–Crippen MR) is 73.3 cm³/mol. The highest BCUT2D eigenvalue weighted by Gasteiger charge is 2.24. The fraction of sp³-hybridized carbons (Fsp3) is 0.533. The number of carbonyl (C=O) groups is 1. The van der Waals surface area contributed by atoms with Gasteiger partial charge in [0.15, 0.2) is 0 Å². The highest BCUT2D eigenvalue weighted by atomic mass is 32.2. The van der Waals surface area contributed by atoms with Gasteiger partial charge in [0.1, 0.15) is 11.6 Å². The maximum atomic E-state index is 13.4. The maximum absolute atomic E-state index is 13.4. The quantitative estimate of drug-likeness (QED) is 0.755. The monoisotopic (exact) mass is 266 g/mol. The van der Waals surface area contributed by atoms with Gasteiger partial charge in [0, 0.05) is 10.8 Å². The van der Waals surface area contributed by atoms with Crippen molar-refractivity contribution in [1.82, 2.24) is 0 Å². The summed E-state index contributed by atoms with van der Waals surface area (Å²) >= 11 is 1.33. The van der Waals surface area contributed by atoms with E-state index in [0.717, 1.165) is 19.3 Å². The van der Waals surface area contributed by atoms with E-state index in [2.05, 4.69) is 6.92 Å². The lowest BCUT2D eigenvalue weighted by molar-refractivity contribution is -0.121. The Morgan fingerprint density at radius 2 is 2.17 bits per heavy atom. The molecular formula is C15H19FOS. The van der Waals surface area contributed by atoms with E-state index in [1.165, 1.54) is 24.2 Å². The van der Waals surface area contributed by atoms with Crippen LogP contribution in [-0.4, -0.2) is 11.5 Å². The first kappa shape index (κ1) is 13.6. The molecule has 1 saturated carbocycles. The van der Waals surface area contributed by atoms with Crippen molar-refractivity contribution in [1.29, 1.82) is 0 Å². The molecule has 0 aromatic heterocycles. The predicted octanol–water partition coefficient (Wildman–Crippen LogP) is 4.31. The lowest BCUT2D eigenvalue weighted by atomic mass is 9.81. The first-order valence-corrected chi connectivity index (χ1v) is 7.55. The molecule has 1 aliphatic carbocycles. The highest BCUT2D eigenvalue weighted by molar-refractivity contribution is 8.00. The molecule has 0 amide bonds. The number of hydrogen-bond donors (Lipinski definition) is 0. The normalized spacial score (nSPS) is 23.9. The van der Waals surface area contributed by atoms with Gasteiger partial charge < -0.3 is 0 Å².